The zero-order valence-corrected chi connectivity index (χ0v) is 21.0. The van der Waals surface area contributed by atoms with Crippen LogP contribution in [-0.4, -0.2) is 63.5 Å². The summed E-state index contributed by atoms with van der Waals surface area (Å²) < 4.78 is 13.1. The van der Waals surface area contributed by atoms with Crippen LogP contribution in [0.1, 0.15) is 21.7 Å². The van der Waals surface area contributed by atoms with Gasteiger partial charge in [0.25, 0.3) is 5.91 Å². The monoisotopic (exact) mass is 507 g/mol. The SMILES string of the molecule is C=CCn1c(COc2cccc(C)c2)nnc1SCC(=O)Nc1cccc(C(=O)N2CCOCC2)c1. The van der Waals surface area contributed by atoms with Crippen molar-refractivity contribution in [2.24, 2.45) is 0 Å². The van der Waals surface area contributed by atoms with Crippen molar-refractivity contribution in [3.63, 3.8) is 0 Å². The minimum Gasteiger partial charge on any atom is -0.486 e. The van der Waals surface area contributed by atoms with Crippen molar-refractivity contribution in [3.05, 3.63) is 78.1 Å². The lowest BCUT2D eigenvalue weighted by atomic mass is 10.1. The number of benzene rings is 2. The van der Waals surface area contributed by atoms with Gasteiger partial charge in [0.1, 0.15) is 12.4 Å². The molecule has 0 radical (unpaired) electrons. The highest BCUT2D eigenvalue weighted by Crippen LogP contribution is 2.20. The number of hydrogen-bond acceptors (Lipinski definition) is 7. The summed E-state index contributed by atoms with van der Waals surface area (Å²) >= 11 is 1.28. The quantitative estimate of drug-likeness (QED) is 0.331. The Morgan fingerprint density at radius 2 is 1.97 bits per heavy atom. The van der Waals surface area contributed by atoms with Gasteiger partial charge in [0.15, 0.2) is 11.0 Å². The van der Waals surface area contributed by atoms with E-state index >= 15 is 0 Å². The molecule has 0 atom stereocenters. The summed E-state index contributed by atoms with van der Waals surface area (Å²) in [5, 5.41) is 12.0. The fraction of sp³-hybridized carbons (Fsp3) is 0.308. The zero-order chi connectivity index (χ0) is 25.3. The Kier molecular flexibility index (Phi) is 8.75. The van der Waals surface area contributed by atoms with Gasteiger partial charge in [0.2, 0.25) is 5.91 Å². The molecule has 1 N–H and O–H groups in total. The summed E-state index contributed by atoms with van der Waals surface area (Å²) in [6, 6.07) is 14.8. The highest BCUT2D eigenvalue weighted by atomic mass is 32.2. The smallest absolute Gasteiger partial charge is 0.254 e. The molecule has 10 heteroatoms. The largest absolute Gasteiger partial charge is 0.486 e. The topological polar surface area (TPSA) is 98.6 Å². The molecule has 4 rings (SSSR count). The average molecular weight is 508 g/mol. The first-order valence-corrected chi connectivity index (χ1v) is 12.6. The number of ether oxygens (including phenoxy) is 2. The van der Waals surface area contributed by atoms with Crippen LogP contribution in [0.3, 0.4) is 0 Å². The first-order valence-electron chi connectivity index (χ1n) is 11.7. The minimum absolute atomic E-state index is 0.0679. The third-order valence-electron chi connectivity index (χ3n) is 5.49. The molecule has 1 saturated heterocycles. The lowest BCUT2D eigenvalue weighted by Crippen LogP contribution is -2.40. The number of anilines is 1. The second-order valence-corrected chi connectivity index (χ2v) is 9.17. The Bertz CT molecular complexity index is 1220. The molecule has 2 aromatic carbocycles. The second-order valence-electron chi connectivity index (χ2n) is 8.23. The Morgan fingerprint density at radius 3 is 2.75 bits per heavy atom. The molecule has 0 unspecified atom stereocenters. The van der Waals surface area contributed by atoms with E-state index in [1.54, 1.807) is 35.2 Å². The number of aromatic nitrogens is 3. The van der Waals surface area contributed by atoms with Gasteiger partial charge in [-0.3, -0.25) is 14.2 Å². The Hall–Kier alpha value is -3.63. The van der Waals surface area contributed by atoms with Crippen molar-refractivity contribution < 1.29 is 19.1 Å². The number of thioether (sulfide) groups is 1. The van der Waals surface area contributed by atoms with E-state index in [1.807, 2.05) is 35.8 Å². The highest BCUT2D eigenvalue weighted by Gasteiger charge is 2.19. The molecule has 1 fully saturated rings. The molecule has 2 heterocycles. The van der Waals surface area contributed by atoms with Gasteiger partial charge in [-0.2, -0.15) is 0 Å². The lowest BCUT2D eigenvalue weighted by Gasteiger charge is -2.27. The third kappa shape index (κ3) is 6.73. The van der Waals surface area contributed by atoms with Crippen molar-refractivity contribution >= 4 is 29.3 Å². The molecule has 0 saturated carbocycles. The van der Waals surface area contributed by atoms with E-state index < -0.39 is 0 Å². The molecule has 2 amide bonds. The molecule has 1 aliphatic heterocycles. The molecule has 9 nitrogen and oxygen atoms in total. The molecule has 1 aliphatic rings. The van der Waals surface area contributed by atoms with Crippen LogP contribution in [0.5, 0.6) is 5.75 Å². The number of amides is 2. The fourth-order valence-corrected chi connectivity index (χ4v) is 4.47. The predicted octanol–water partition coefficient (Wildman–Crippen LogP) is 3.55. The van der Waals surface area contributed by atoms with Crippen LogP contribution in [-0.2, 0) is 22.7 Å². The molecule has 188 valence electrons. The maximum atomic E-state index is 12.7. The molecular formula is C26H29N5O4S. The summed E-state index contributed by atoms with van der Waals surface area (Å²) in [4.78, 5) is 27.1. The van der Waals surface area contributed by atoms with Crippen LogP contribution in [0, 0.1) is 6.92 Å². The number of hydrogen-bond donors (Lipinski definition) is 1. The number of nitrogens with one attached hydrogen (secondary N) is 1. The maximum Gasteiger partial charge on any atom is 0.254 e. The molecule has 36 heavy (non-hydrogen) atoms. The van der Waals surface area contributed by atoms with Crippen LogP contribution in [0.25, 0.3) is 0 Å². The van der Waals surface area contributed by atoms with Gasteiger partial charge in [-0.1, -0.05) is 36.0 Å². The third-order valence-corrected chi connectivity index (χ3v) is 6.45. The van der Waals surface area contributed by atoms with Gasteiger partial charge in [-0.05, 0) is 42.8 Å². The molecule has 1 aromatic heterocycles. The summed E-state index contributed by atoms with van der Waals surface area (Å²) in [5.74, 6) is 1.26. The first-order chi connectivity index (χ1) is 17.5. The van der Waals surface area contributed by atoms with Crippen LogP contribution in [0.4, 0.5) is 5.69 Å². The van der Waals surface area contributed by atoms with Gasteiger partial charge >= 0.3 is 0 Å². The number of allylic oxidation sites excluding steroid dienone is 1. The number of carbonyl (C=O) groups is 2. The maximum absolute atomic E-state index is 12.7. The fourth-order valence-electron chi connectivity index (χ4n) is 3.70. The Morgan fingerprint density at radius 1 is 1.17 bits per heavy atom. The molecule has 0 bridgehead atoms. The number of carbonyl (C=O) groups excluding carboxylic acids is 2. The highest BCUT2D eigenvalue weighted by molar-refractivity contribution is 7.99. The van der Waals surface area contributed by atoms with Crippen LogP contribution >= 0.6 is 11.8 Å². The number of aryl methyl sites for hydroxylation is 1. The van der Waals surface area contributed by atoms with Crippen molar-refractivity contribution in [1.82, 2.24) is 19.7 Å². The van der Waals surface area contributed by atoms with Gasteiger partial charge in [0.05, 0.1) is 19.0 Å². The Labute approximate surface area is 214 Å². The normalized spacial score (nSPS) is 13.3. The van der Waals surface area contributed by atoms with Gasteiger partial charge in [-0.25, -0.2) is 0 Å². The van der Waals surface area contributed by atoms with E-state index in [0.29, 0.717) is 55.1 Å². The second kappa shape index (κ2) is 12.4. The van der Waals surface area contributed by atoms with Crippen molar-refractivity contribution in [1.29, 1.82) is 0 Å². The Balaban J connectivity index is 1.34. The van der Waals surface area contributed by atoms with Crippen molar-refractivity contribution in [2.75, 3.05) is 37.4 Å². The number of morpholine rings is 1. The summed E-state index contributed by atoms with van der Waals surface area (Å²) in [6.45, 7) is 8.77. The van der Waals surface area contributed by atoms with Crippen LogP contribution in [0.2, 0.25) is 0 Å². The molecular weight excluding hydrogens is 478 g/mol. The van der Waals surface area contributed by atoms with Crippen LogP contribution < -0.4 is 10.1 Å². The van der Waals surface area contributed by atoms with E-state index in [2.05, 4.69) is 22.1 Å². The van der Waals surface area contributed by atoms with Gasteiger partial charge in [0, 0.05) is 30.9 Å². The predicted molar refractivity (Wildman–Crippen MR) is 138 cm³/mol. The van der Waals surface area contributed by atoms with Gasteiger partial charge in [-0.15, -0.1) is 16.8 Å². The van der Waals surface area contributed by atoms with E-state index in [4.69, 9.17) is 9.47 Å². The first kappa shape index (κ1) is 25.5. The molecule has 3 aromatic rings. The van der Waals surface area contributed by atoms with Crippen molar-refractivity contribution in [3.8, 4) is 5.75 Å². The van der Waals surface area contributed by atoms with Crippen LogP contribution in [0.15, 0.2) is 66.3 Å². The van der Waals surface area contributed by atoms with E-state index in [9.17, 15) is 9.59 Å². The van der Waals surface area contributed by atoms with Gasteiger partial charge < -0.3 is 19.7 Å². The molecule has 0 spiro atoms. The minimum atomic E-state index is -0.207. The standard InChI is InChI=1S/C26H29N5O4S/c1-3-10-31-23(17-35-22-9-4-6-19(2)15-22)28-29-26(31)36-18-24(32)27-21-8-5-7-20(16-21)25(33)30-11-13-34-14-12-30/h3-9,15-16H,1,10-14,17-18H2,2H3,(H,27,32). The lowest BCUT2D eigenvalue weighted by molar-refractivity contribution is -0.113. The average Bonchev–Trinajstić information content (AvgIpc) is 3.28. The van der Waals surface area contributed by atoms with E-state index in [1.165, 1.54) is 11.8 Å². The molecule has 0 aliphatic carbocycles. The van der Waals surface area contributed by atoms with E-state index in [-0.39, 0.29) is 24.2 Å². The van der Waals surface area contributed by atoms with E-state index in [0.717, 1.165) is 11.3 Å². The summed E-state index contributed by atoms with van der Waals surface area (Å²) in [5.41, 5.74) is 2.21. The number of nitrogens with zero attached hydrogens (tertiary/aromatic N) is 4. The summed E-state index contributed by atoms with van der Waals surface area (Å²) in [6.07, 6.45) is 1.75. The number of rotatable bonds is 10. The van der Waals surface area contributed by atoms with Crippen molar-refractivity contribution in [2.45, 2.75) is 25.2 Å². The summed E-state index contributed by atoms with van der Waals surface area (Å²) in [7, 11) is 0. The zero-order valence-electron chi connectivity index (χ0n) is 20.2.